The van der Waals surface area contributed by atoms with Crippen molar-refractivity contribution in [3.05, 3.63) is 0 Å². The standard InChI is InChI=1S/C12H24O5/c1-4-12(5-2,6-3)11(17)10(16)9(15)8(14)7-13/h7-11,14-17H,4-6H2,1-3H3/t8-,9-,10+,11+/m0/s1. The van der Waals surface area contributed by atoms with Crippen LogP contribution in [0.4, 0.5) is 0 Å². The van der Waals surface area contributed by atoms with Crippen LogP contribution in [0.1, 0.15) is 40.0 Å². The molecule has 0 aromatic rings. The van der Waals surface area contributed by atoms with Gasteiger partial charge in [-0.2, -0.15) is 0 Å². The second-order valence-electron chi connectivity index (χ2n) is 4.48. The lowest BCUT2D eigenvalue weighted by atomic mass is 9.72. The molecular weight excluding hydrogens is 224 g/mol. The topological polar surface area (TPSA) is 98.0 Å². The molecule has 0 amide bonds. The summed E-state index contributed by atoms with van der Waals surface area (Å²) >= 11 is 0. The average molecular weight is 248 g/mol. The Morgan fingerprint density at radius 3 is 1.65 bits per heavy atom. The highest BCUT2D eigenvalue weighted by Crippen LogP contribution is 2.36. The van der Waals surface area contributed by atoms with Gasteiger partial charge >= 0.3 is 0 Å². The maximum Gasteiger partial charge on any atom is 0.151 e. The van der Waals surface area contributed by atoms with E-state index in [1.807, 2.05) is 20.8 Å². The van der Waals surface area contributed by atoms with E-state index < -0.39 is 29.8 Å². The van der Waals surface area contributed by atoms with Crippen LogP contribution in [0.15, 0.2) is 0 Å². The fourth-order valence-corrected chi connectivity index (χ4v) is 2.21. The molecule has 5 heteroatoms. The third-order valence-corrected chi connectivity index (χ3v) is 3.90. The number of hydrogen-bond donors (Lipinski definition) is 4. The van der Waals surface area contributed by atoms with Crippen molar-refractivity contribution >= 4 is 6.29 Å². The highest BCUT2D eigenvalue weighted by atomic mass is 16.4. The summed E-state index contributed by atoms with van der Waals surface area (Å²) in [6, 6.07) is 0. The minimum Gasteiger partial charge on any atom is -0.390 e. The van der Waals surface area contributed by atoms with Gasteiger partial charge in [-0.25, -0.2) is 0 Å². The van der Waals surface area contributed by atoms with E-state index in [-0.39, 0.29) is 6.29 Å². The molecule has 0 aliphatic carbocycles. The molecule has 4 atom stereocenters. The summed E-state index contributed by atoms with van der Waals surface area (Å²) < 4.78 is 0. The highest BCUT2D eigenvalue weighted by Gasteiger charge is 2.41. The van der Waals surface area contributed by atoms with Crippen LogP contribution in [-0.4, -0.2) is 51.1 Å². The van der Waals surface area contributed by atoms with E-state index >= 15 is 0 Å². The predicted molar refractivity (Wildman–Crippen MR) is 63.4 cm³/mol. The molecule has 0 aliphatic rings. The number of aliphatic hydroxyl groups excluding tert-OH is 4. The lowest BCUT2D eigenvalue weighted by Crippen LogP contribution is -2.51. The monoisotopic (exact) mass is 248 g/mol. The summed E-state index contributed by atoms with van der Waals surface area (Å²) in [5.74, 6) is 0. The van der Waals surface area contributed by atoms with E-state index in [1.54, 1.807) is 0 Å². The Labute approximate surface area is 102 Å². The molecule has 0 saturated heterocycles. The Morgan fingerprint density at radius 1 is 0.941 bits per heavy atom. The SMILES string of the molecule is CCC(CC)(CC)[C@H](O)[C@H](O)[C@@H](O)[C@@H](O)C=O. The van der Waals surface area contributed by atoms with Gasteiger partial charge in [0.1, 0.15) is 18.3 Å². The van der Waals surface area contributed by atoms with Crippen LogP contribution in [-0.2, 0) is 4.79 Å². The van der Waals surface area contributed by atoms with E-state index in [9.17, 15) is 20.1 Å². The van der Waals surface area contributed by atoms with E-state index in [4.69, 9.17) is 5.11 Å². The molecular formula is C12H24O5. The van der Waals surface area contributed by atoms with Crippen LogP contribution in [0, 0.1) is 5.41 Å². The maximum absolute atomic E-state index is 10.3. The fraction of sp³-hybridized carbons (Fsp3) is 0.917. The van der Waals surface area contributed by atoms with Gasteiger partial charge in [-0.1, -0.05) is 20.8 Å². The van der Waals surface area contributed by atoms with Gasteiger partial charge in [-0.05, 0) is 24.7 Å². The van der Waals surface area contributed by atoms with Gasteiger partial charge < -0.3 is 25.2 Å². The Morgan fingerprint density at radius 2 is 1.35 bits per heavy atom. The normalized spacial score (nSPS) is 19.5. The van der Waals surface area contributed by atoms with Crippen molar-refractivity contribution in [3.8, 4) is 0 Å². The Bertz CT molecular complexity index is 219. The molecule has 0 saturated carbocycles. The van der Waals surface area contributed by atoms with Crippen LogP contribution in [0.5, 0.6) is 0 Å². The second kappa shape index (κ2) is 7.06. The van der Waals surface area contributed by atoms with E-state index in [2.05, 4.69) is 0 Å². The van der Waals surface area contributed by atoms with Crippen LogP contribution < -0.4 is 0 Å². The molecule has 4 N–H and O–H groups in total. The van der Waals surface area contributed by atoms with Crippen molar-refractivity contribution in [1.29, 1.82) is 0 Å². The minimum absolute atomic E-state index is 0.145. The quantitative estimate of drug-likeness (QED) is 0.448. The third kappa shape index (κ3) is 3.48. The van der Waals surface area contributed by atoms with Gasteiger partial charge in [0, 0.05) is 0 Å². The number of hydrogen-bond acceptors (Lipinski definition) is 5. The second-order valence-corrected chi connectivity index (χ2v) is 4.48. The molecule has 0 aliphatic heterocycles. The van der Waals surface area contributed by atoms with Gasteiger partial charge in [-0.15, -0.1) is 0 Å². The van der Waals surface area contributed by atoms with Crippen molar-refractivity contribution in [2.45, 2.75) is 64.4 Å². The highest BCUT2D eigenvalue weighted by molar-refractivity contribution is 5.56. The number of aliphatic hydroxyl groups is 4. The first kappa shape index (κ1) is 16.5. The molecule has 102 valence electrons. The lowest BCUT2D eigenvalue weighted by molar-refractivity contribution is -0.150. The zero-order valence-corrected chi connectivity index (χ0v) is 10.7. The zero-order chi connectivity index (χ0) is 13.6. The van der Waals surface area contributed by atoms with E-state index in [1.165, 1.54) is 0 Å². The molecule has 0 fully saturated rings. The first-order valence-corrected chi connectivity index (χ1v) is 6.07. The number of rotatable bonds is 8. The van der Waals surface area contributed by atoms with Gasteiger partial charge in [0.05, 0.1) is 6.10 Å². The summed E-state index contributed by atoms with van der Waals surface area (Å²) in [5, 5.41) is 38.6. The predicted octanol–water partition coefficient (Wildman–Crippen LogP) is -0.155. The summed E-state index contributed by atoms with van der Waals surface area (Å²) in [7, 11) is 0. The molecule has 0 radical (unpaired) electrons. The molecule has 0 rings (SSSR count). The van der Waals surface area contributed by atoms with Crippen LogP contribution in [0.25, 0.3) is 0 Å². The largest absolute Gasteiger partial charge is 0.390 e. The summed E-state index contributed by atoms with van der Waals surface area (Å²) in [6.45, 7) is 5.68. The molecule has 0 aromatic carbocycles. The first-order chi connectivity index (χ1) is 7.90. The van der Waals surface area contributed by atoms with Crippen molar-refractivity contribution in [2.75, 3.05) is 0 Å². The van der Waals surface area contributed by atoms with Crippen LogP contribution in [0.3, 0.4) is 0 Å². The molecule has 0 spiro atoms. The first-order valence-electron chi connectivity index (χ1n) is 6.07. The van der Waals surface area contributed by atoms with Gasteiger partial charge in [-0.3, -0.25) is 0 Å². The van der Waals surface area contributed by atoms with Gasteiger partial charge in [0.15, 0.2) is 6.29 Å². The van der Waals surface area contributed by atoms with Crippen molar-refractivity contribution in [3.63, 3.8) is 0 Å². The zero-order valence-electron chi connectivity index (χ0n) is 10.7. The smallest absolute Gasteiger partial charge is 0.151 e. The average Bonchev–Trinajstić information content (AvgIpc) is 2.38. The summed E-state index contributed by atoms with van der Waals surface area (Å²) in [5.41, 5.74) is -0.511. The van der Waals surface area contributed by atoms with Crippen molar-refractivity contribution < 1.29 is 25.2 Å². The minimum atomic E-state index is -1.68. The van der Waals surface area contributed by atoms with E-state index in [0.29, 0.717) is 19.3 Å². The number of aldehydes is 1. The summed E-state index contributed by atoms with van der Waals surface area (Å²) in [6.07, 6.45) is -3.98. The van der Waals surface area contributed by atoms with Gasteiger partial charge in [0.2, 0.25) is 0 Å². The molecule has 0 aromatic heterocycles. The van der Waals surface area contributed by atoms with Crippen LogP contribution in [0.2, 0.25) is 0 Å². The number of carbonyl (C=O) groups is 1. The maximum atomic E-state index is 10.3. The molecule has 17 heavy (non-hydrogen) atoms. The van der Waals surface area contributed by atoms with Crippen molar-refractivity contribution in [1.82, 2.24) is 0 Å². The Balaban J connectivity index is 4.88. The summed E-state index contributed by atoms with van der Waals surface area (Å²) in [4.78, 5) is 10.3. The Hall–Kier alpha value is -0.490. The molecule has 0 bridgehead atoms. The van der Waals surface area contributed by atoms with E-state index in [0.717, 1.165) is 0 Å². The van der Waals surface area contributed by atoms with Crippen LogP contribution >= 0.6 is 0 Å². The lowest BCUT2D eigenvalue weighted by Gasteiger charge is -2.39. The fourth-order valence-electron chi connectivity index (χ4n) is 2.21. The number of carbonyl (C=O) groups excluding carboxylic acids is 1. The third-order valence-electron chi connectivity index (χ3n) is 3.90. The Kier molecular flexibility index (Phi) is 6.85. The molecule has 0 heterocycles. The van der Waals surface area contributed by atoms with Gasteiger partial charge in [0.25, 0.3) is 0 Å². The molecule has 0 unspecified atom stereocenters. The van der Waals surface area contributed by atoms with Crippen molar-refractivity contribution in [2.24, 2.45) is 5.41 Å². The molecule has 5 nitrogen and oxygen atoms in total.